The minimum atomic E-state index is 0.269. The van der Waals surface area contributed by atoms with Gasteiger partial charge in [0, 0.05) is 29.5 Å². The Morgan fingerprint density at radius 3 is 2.65 bits per heavy atom. The van der Waals surface area contributed by atoms with E-state index in [2.05, 4.69) is 33.3 Å². The largest absolute Gasteiger partial charge is 0.312 e. The zero-order valence-electron chi connectivity index (χ0n) is 9.79. The van der Waals surface area contributed by atoms with Crippen LogP contribution in [0, 0.1) is 0 Å². The third kappa shape index (κ3) is 3.25. The van der Waals surface area contributed by atoms with Gasteiger partial charge in [-0.3, -0.25) is 9.97 Å². The lowest BCUT2D eigenvalue weighted by Crippen LogP contribution is -2.13. The van der Waals surface area contributed by atoms with Gasteiger partial charge in [0.1, 0.15) is 5.03 Å². The number of hydrogen-bond acceptors (Lipinski definition) is 5. The highest BCUT2D eigenvalue weighted by atomic mass is 32.2. The van der Waals surface area contributed by atoms with Crippen molar-refractivity contribution in [3.8, 4) is 0 Å². The molecule has 0 radical (unpaired) electrons. The van der Waals surface area contributed by atoms with Gasteiger partial charge < -0.3 is 5.32 Å². The summed E-state index contributed by atoms with van der Waals surface area (Å²) in [7, 11) is 1.93. The molecular formula is C12H14N4S. The number of pyridine rings is 1. The topological polar surface area (TPSA) is 50.7 Å². The molecule has 0 aliphatic carbocycles. The molecule has 0 aliphatic heterocycles. The van der Waals surface area contributed by atoms with Gasteiger partial charge in [-0.15, -0.1) is 0 Å². The maximum Gasteiger partial charge on any atom is 0.119 e. The second kappa shape index (κ2) is 5.75. The molecule has 1 N–H and O–H groups in total. The first-order valence-electron chi connectivity index (χ1n) is 5.36. The summed E-state index contributed by atoms with van der Waals surface area (Å²) in [6.45, 7) is 2.08. The zero-order chi connectivity index (χ0) is 12.1. The molecule has 0 spiro atoms. The first kappa shape index (κ1) is 12.0. The number of nitrogens with one attached hydrogen (secondary N) is 1. The highest BCUT2D eigenvalue weighted by molar-refractivity contribution is 7.99. The van der Waals surface area contributed by atoms with Gasteiger partial charge in [0.15, 0.2) is 0 Å². The first-order valence-corrected chi connectivity index (χ1v) is 6.18. The zero-order valence-corrected chi connectivity index (χ0v) is 10.6. The van der Waals surface area contributed by atoms with Crippen molar-refractivity contribution in [3.05, 3.63) is 42.6 Å². The van der Waals surface area contributed by atoms with Gasteiger partial charge in [0.2, 0.25) is 0 Å². The van der Waals surface area contributed by atoms with E-state index >= 15 is 0 Å². The van der Waals surface area contributed by atoms with Crippen LogP contribution in [0.4, 0.5) is 0 Å². The van der Waals surface area contributed by atoms with Gasteiger partial charge in [-0.25, -0.2) is 4.98 Å². The van der Waals surface area contributed by atoms with Crippen LogP contribution in [-0.4, -0.2) is 22.0 Å². The van der Waals surface area contributed by atoms with E-state index in [1.165, 1.54) is 0 Å². The van der Waals surface area contributed by atoms with Crippen LogP contribution in [-0.2, 0) is 0 Å². The van der Waals surface area contributed by atoms with Crippen molar-refractivity contribution >= 4 is 11.8 Å². The molecule has 17 heavy (non-hydrogen) atoms. The summed E-state index contributed by atoms with van der Waals surface area (Å²) in [5, 5.41) is 4.04. The van der Waals surface area contributed by atoms with Crippen LogP contribution in [0.5, 0.6) is 0 Å². The molecule has 4 nitrogen and oxygen atoms in total. The Hall–Kier alpha value is -1.46. The molecule has 1 atom stereocenters. The van der Waals surface area contributed by atoms with E-state index in [4.69, 9.17) is 0 Å². The second-order valence-electron chi connectivity index (χ2n) is 3.57. The highest BCUT2D eigenvalue weighted by Gasteiger charge is 2.04. The molecule has 0 amide bonds. The Morgan fingerprint density at radius 1 is 1.18 bits per heavy atom. The molecule has 0 saturated heterocycles. The van der Waals surface area contributed by atoms with Gasteiger partial charge in [0.25, 0.3) is 0 Å². The maximum absolute atomic E-state index is 4.41. The number of rotatable bonds is 4. The summed E-state index contributed by atoms with van der Waals surface area (Å²) in [5.41, 5.74) is 1.04. The molecular weight excluding hydrogens is 232 g/mol. The molecule has 2 heterocycles. The molecule has 2 rings (SSSR count). The van der Waals surface area contributed by atoms with Crippen LogP contribution in [0.15, 0.2) is 46.8 Å². The van der Waals surface area contributed by atoms with Crippen molar-refractivity contribution in [3.63, 3.8) is 0 Å². The van der Waals surface area contributed by atoms with Gasteiger partial charge in [-0.2, -0.15) is 0 Å². The van der Waals surface area contributed by atoms with Gasteiger partial charge in [-0.1, -0.05) is 11.8 Å². The monoisotopic (exact) mass is 246 g/mol. The highest BCUT2D eigenvalue weighted by Crippen LogP contribution is 2.24. The van der Waals surface area contributed by atoms with E-state index in [9.17, 15) is 0 Å². The van der Waals surface area contributed by atoms with E-state index in [0.29, 0.717) is 0 Å². The lowest BCUT2D eigenvalue weighted by Gasteiger charge is -2.09. The quantitative estimate of drug-likeness (QED) is 0.897. The van der Waals surface area contributed by atoms with Crippen LogP contribution in [0.25, 0.3) is 0 Å². The van der Waals surface area contributed by atoms with Crippen molar-refractivity contribution in [2.45, 2.75) is 22.9 Å². The van der Waals surface area contributed by atoms with Crippen LogP contribution in [0.1, 0.15) is 18.7 Å². The van der Waals surface area contributed by atoms with Crippen molar-refractivity contribution in [1.82, 2.24) is 20.3 Å². The van der Waals surface area contributed by atoms with E-state index in [0.717, 1.165) is 15.6 Å². The Morgan fingerprint density at radius 2 is 2.06 bits per heavy atom. The van der Waals surface area contributed by atoms with Crippen molar-refractivity contribution in [1.29, 1.82) is 0 Å². The van der Waals surface area contributed by atoms with E-state index in [1.807, 2.05) is 19.3 Å². The fourth-order valence-electron chi connectivity index (χ4n) is 1.31. The van der Waals surface area contributed by atoms with Crippen LogP contribution < -0.4 is 5.32 Å². The molecule has 5 heteroatoms. The molecule has 1 unspecified atom stereocenters. The molecule has 88 valence electrons. The summed E-state index contributed by atoms with van der Waals surface area (Å²) in [4.78, 5) is 13.7. The summed E-state index contributed by atoms with van der Waals surface area (Å²) < 4.78 is 0. The van der Waals surface area contributed by atoms with Crippen LogP contribution in [0.3, 0.4) is 0 Å². The average molecular weight is 246 g/mol. The maximum atomic E-state index is 4.41. The average Bonchev–Trinajstić information content (AvgIpc) is 2.40. The fourth-order valence-corrected chi connectivity index (χ4v) is 2.03. The Labute approximate surface area is 105 Å². The lowest BCUT2D eigenvalue weighted by atomic mass is 10.2. The van der Waals surface area contributed by atoms with E-state index in [-0.39, 0.29) is 6.04 Å². The number of aromatic nitrogens is 3. The lowest BCUT2D eigenvalue weighted by molar-refractivity contribution is 0.631. The molecule has 2 aromatic heterocycles. The van der Waals surface area contributed by atoms with E-state index < -0.39 is 0 Å². The standard InChI is InChI=1S/C12H14N4S/c1-9(13-2)11-4-3-10(7-16-11)17-12-8-14-5-6-15-12/h3-9,13H,1-2H3. The Kier molecular flexibility index (Phi) is 4.06. The molecule has 0 aromatic carbocycles. The molecule has 0 aliphatic rings. The Bertz CT molecular complexity index is 458. The SMILES string of the molecule is CNC(C)c1ccc(Sc2cnccn2)cn1. The normalized spacial score (nSPS) is 12.4. The van der Waals surface area contributed by atoms with E-state index in [1.54, 1.807) is 30.4 Å². The summed E-state index contributed by atoms with van der Waals surface area (Å²) in [6.07, 6.45) is 6.96. The van der Waals surface area contributed by atoms with Crippen molar-refractivity contribution in [2.24, 2.45) is 0 Å². The fraction of sp³-hybridized carbons (Fsp3) is 0.250. The Balaban J connectivity index is 2.08. The van der Waals surface area contributed by atoms with Crippen molar-refractivity contribution < 1.29 is 0 Å². The van der Waals surface area contributed by atoms with Crippen LogP contribution >= 0.6 is 11.8 Å². The van der Waals surface area contributed by atoms with Crippen molar-refractivity contribution in [2.75, 3.05) is 7.05 Å². The minimum absolute atomic E-state index is 0.269. The second-order valence-corrected chi connectivity index (χ2v) is 4.67. The minimum Gasteiger partial charge on any atom is -0.312 e. The summed E-state index contributed by atoms with van der Waals surface area (Å²) >= 11 is 1.56. The van der Waals surface area contributed by atoms with Gasteiger partial charge in [-0.05, 0) is 26.1 Å². The molecule has 0 fully saturated rings. The number of hydrogen-bond donors (Lipinski definition) is 1. The third-order valence-corrected chi connectivity index (χ3v) is 3.29. The number of nitrogens with zero attached hydrogens (tertiary/aromatic N) is 3. The van der Waals surface area contributed by atoms with Gasteiger partial charge >= 0.3 is 0 Å². The molecule has 2 aromatic rings. The van der Waals surface area contributed by atoms with Crippen LogP contribution in [0.2, 0.25) is 0 Å². The first-order chi connectivity index (χ1) is 8.29. The predicted octanol–water partition coefficient (Wildman–Crippen LogP) is 2.30. The third-order valence-electron chi connectivity index (χ3n) is 2.40. The summed E-state index contributed by atoms with van der Waals surface area (Å²) in [5.74, 6) is 0. The molecule has 0 bridgehead atoms. The van der Waals surface area contributed by atoms with Gasteiger partial charge in [0.05, 0.1) is 11.9 Å². The summed E-state index contributed by atoms with van der Waals surface area (Å²) in [6, 6.07) is 4.35. The smallest absolute Gasteiger partial charge is 0.119 e. The molecule has 0 saturated carbocycles. The predicted molar refractivity (Wildman–Crippen MR) is 67.9 cm³/mol.